The van der Waals surface area contributed by atoms with Crippen molar-refractivity contribution in [2.24, 2.45) is 0 Å². The molecule has 9 heavy (non-hydrogen) atoms. The number of rotatable bonds is 1. The first-order chi connectivity index (χ1) is 4.30. The molecule has 0 aromatic carbocycles. The van der Waals surface area contributed by atoms with Gasteiger partial charge in [-0.15, -0.1) is 0 Å². The van der Waals surface area contributed by atoms with Gasteiger partial charge in [-0.25, -0.2) is 0 Å². The zero-order valence-electron chi connectivity index (χ0n) is 5.96. The Labute approximate surface area is 65.0 Å². The highest BCUT2D eigenvalue weighted by Gasteiger charge is 2.12. The lowest BCUT2D eigenvalue weighted by Crippen LogP contribution is -2.34. The van der Waals surface area contributed by atoms with Crippen LogP contribution in [0.4, 0.5) is 0 Å². The standard InChI is InChI=1S/C6H13NS2/c1-6(2)7-3-4-8-9-5-7/h6H,3-5H2,1-2H3. The SMILES string of the molecule is CC(C)N1CCSSC1. The molecule has 0 aromatic heterocycles. The molecule has 3 heteroatoms. The zero-order chi connectivity index (χ0) is 6.69. The summed E-state index contributed by atoms with van der Waals surface area (Å²) in [6, 6.07) is 0.735. The lowest BCUT2D eigenvalue weighted by atomic mass is 10.3. The van der Waals surface area contributed by atoms with Crippen molar-refractivity contribution in [3.05, 3.63) is 0 Å². The van der Waals surface area contributed by atoms with E-state index in [-0.39, 0.29) is 0 Å². The molecule has 0 unspecified atom stereocenters. The molecule has 0 aliphatic carbocycles. The van der Waals surface area contributed by atoms with Gasteiger partial charge in [0.05, 0.1) is 5.88 Å². The first kappa shape index (κ1) is 7.76. The van der Waals surface area contributed by atoms with E-state index in [4.69, 9.17) is 0 Å². The van der Waals surface area contributed by atoms with Crippen LogP contribution in [0.1, 0.15) is 13.8 Å². The van der Waals surface area contributed by atoms with Crippen LogP contribution in [-0.2, 0) is 0 Å². The summed E-state index contributed by atoms with van der Waals surface area (Å²) in [5, 5.41) is 0. The van der Waals surface area contributed by atoms with Crippen LogP contribution in [0.3, 0.4) is 0 Å². The van der Waals surface area contributed by atoms with E-state index < -0.39 is 0 Å². The molecule has 54 valence electrons. The predicted octanol–water partition coefficient (Wildman–Crippen LogP) is 2.05. The second kappa shape index (κ2) is 3.74. The van der Waals surface area contributed by atoms with Gasteiger partial charge in [0.1, 0.15) is 0 Å². The van der Waals surface area contributed by atoms with Crippen LogP contribution in [-0.4, -0.2) is 29.1 Å². The monoisotopic (exact) mass is 163 g/mol. The fourth-order valence-corrected chi connectivity index (χ4v) is 3.06. The minimum atomic E-state index is 0.735. The quantitative estimate of drug-likeness (QED) is 0.545. The molecule has 0 bridgehead atoms. The normalized spacial score (nSPS) is 23.0. The third-order valence-electron chi connectivity index (χ3n) is 1.49. The average molecular weight is 163 g/mol. The molecule has 0 atom stereocenters. The molecule has 1 aliphatic heterocycles. The Kier molecular flexibility index (Phi) is 3.22. The summed E-state index contributed by atoms with van der Waals surface area (Å²) in [5.74, 6) is 2.51. The fourth-order valence-electron chi connectivity index (χ4n) is 0.790. The molecule has 1 nitrogen and oxygen atoms in total. The number of nitrogens with zero attached hydrogens (tertiary/aromatic N) is 1. The van der Waals surface area contributed by atoms with Crippen molar-refractivity contribution in [2.75, 3.05) is 18.2 Å². The first-order valence-electron chi connectivity index (χ1n) is 3.29. The van der Waals surface area contributed by atoms with Crippen molar-refractivity contribution >= 4 is 21.6 Å². The van der Waals surface area contributed by atoms with Crippen molar-refractivity contribution in [3.8, 4) is 0 Å². The van der Waals surface area contributed by atoms with Crippen LogP contribution in [0.25, 0.3) is 0 Å². The minimum absolute atomic E-state index is 0.735. The van der Waals surface area contributed by atoms with Crippen molar-refractivity contribution in [2.45, 2.75) is 19.9 Å². The summed E-state index contributed by atoms with van der Waals surface area (Å²) in [5.41, 5.74) is 0. The highest BCUT2D eigenvalue weighted by atomic mass is 33.1. The first-order valence-corrected chi connectivity index (χ1v) is 5.78. The molecule has 1 aliphatic rings. The molecule has 1 rings (SSSR count). The summed E-state index contributed by atoms with van der Waals surface area (Å²) in [6.07, 6.45) is 0. The van der Waals surface area contributed by atoms with Gasteiger partial charge in [0.2, 0.25) is 0 Å². The van der Waals surface area contributed by atoms with Crippen molar-refractivity contribution in [3.63, 3.8) is 0 Å². The van der Waals surface area contributed by atoms with E-state index in [2.05, 4.69) is 18.7 Å². The Balaban J connectivity index is 2.23. The predicted molar refractivity (Wildman–Crippen MR) is 46.8 cm³/mol. The topological polar surface area (TPSA) is 3.24 Å². The highest BCUT2D eigenvalue weighted by molar-refractivity contribution is 8.76. The number of hydrogen-bond acceptors (Lipinski definition) is 3. The van der Waals surface area contributed by atoms with Gasteiger partial charge in [0.15, 0.2) is 0 Å². The average Bonchev–Trinajstić information content (AvgIpc) is 1.90. The van der Waals surface area contributed by atoms with Crippen LogP contribution < -0.4 is 0 Å². The van der Waals surface area contributed by atoms with Gasteiger partial charge in [-0.1, -0.05) is 21.6 Å². The molecule has 0 radical (unpaired) electrons. The summed E-state index contributed by atoms with van der Waals surface area (Å²) in [6.45, 7) is 5.79. The van der Waals surface area contributed by atoms with Crippen molar-refractivity contribution in [1.82, 2.24) is 4.90 Å². The molecule has 1 fully saturated rings. The van der Waals surface area contributed by atoms with E-state index in [9.17, 15) is 0 Å². The van der Waals surface area contributed by atoms with Crippen LogP contribution in [0, 0.1) is 0 Å². The second-order valence-electron chi connectivity index (χ2n) is 2.48. The molecule has 0 saturated carbocycles. The van der Waals surface area contributed by atoms with E-state index in [0.717, 1.165) is 6.04 Å². The zero-order valence-corrected chi connectivity index (χ0v) is 7.60. The lowest BCUT2D eigenvalue weighted by molar-refractivity contribution is 0.278. The third-order valence-corrected chi connectivity index (χ3v) is 3.76. The Hall–Kier alpha value is 0.660. The minimum Gasteiger partial charge on any atom is -0.290 e. The van der Waals surface area contributed by atoms with Crippen LogP contribution in [0.5, 0.6) is 0 Å². The lowest BCUT2D eigenvalue weighted by Gasteiger charge is -2.28. The second-order valence-corrected chi connectivity index (χ2v) is 5.03. The smallest absolute Gasteiger partial charge is 0.0551 e. The fraction of sp³-hybridized carbons (Fsp3) is 1.00. The van der Waals surface area contributed by atoms with Gasteiger partial charge >= 0.3 is 0 Å². The Morgan fingerprint density at radius 1 is 1.33 bits per heavy atom. The Bertz CT molecular complexity index is 79.1. The largest absolute Gasteiger partial charge is 0.290 e. The molecular formula is C6H13NS2. The molecular weight excluding hydrogens is 150 g/mol. The Morgan fingerprint density at radius 3 is 2.44 bits per heavy atom. The van der Waals surface area contributed by atoms with Gasteiger partial charge in [0, 0.05) is 18.3 Å². The van der Waals surface area contributed by atoms with Gasteiger partial charge < -0.3 is 0 Å². The van der Waals surface area contributed by atoms with E-state index in [1.807, 2.05) is 21.6 Å². The summed E-state index contributed by atoms with van der Waals surface area (Å²) < 4.78 is 0. The molecule has 0 spiro atoms. The van der Waals surface area contributed by atoms with Gasteiger partial charge in [-0.05, 0) is 13.8 Å². The van der Waals surface area contributed by atoms with E-state index >= 15 is 0 Å². The van der Waals surface area contributed by atoms with Crippen molar-refractivity contribution in [1.29, 1.82) is 0 Å². The molecule has 1 saturated heterocycles. The van der Waals surface area contributed by atoms with E-state index in [0.29, 0.717) is 0 Å². The molecule has 1 heterocycles. The van der Waals surface area contributed by atoms with E-state index in [1.165, 1.54) is 18.2 Å². The third kappa shape index (κ3) is 2.40. The molecule has 0 N–H and O–H groups in total. The molecule has 0 aromatic rings. The van der Waals surface area contributed by atoms with Gasteiger partial charge in [-0.3, -0.25) is 4.90 Å². The van der Waals surface area contributed by atoms with Crippen LogP contribution in [0.15, 0.2) is 0 Å². The Morgan fingerprint density at radius 2 is 2.11 bits per heavy atom. The number of hydrogen-bond donors (Lipinski definition) is 0. The highest BCUT2D eigenvalue weighted by Crippen LogP contribution is 2.27. The van der Waals surface area contributed by atoms with Crippen LogP contribution >= 0.6 is 21.6 Å². The summed E-state index contributed by atoms with van der Waals surface area (Å²) in [4.78, 5) is 2.50. The van der Waals surface area contributed by atoms with Gasteiger partial charge in [-0.2, -0.15) is 0 Å². The van der Waals surface area contributed by atoms with Crippen molar-refractivity contribution < 1.29 is 0 Å². The van der Waals surface area contributed by atoms with E-state index in [1.54, 1.807) is 0 Å². The van der Waals surface area contributed by atoms with Gasteiger partial charge in [0.25, 0.3) is 0 Å². The maximum atomic E-state index is 2.50. The van der Waals surface area contributed by atoms with Crippen LogP contribution in [0.2, 0.25) is 0 Å². The maximum absolute atomic E-state index is 2.50. The maximum Gasteiger partial charge on any atom is 0.0551 e. The molecule has 0 amide bonds. The summed E-state index contributed by atoms with van der Waals surface area (Å²) >= 11 is 0. The summed E-state index contributed by atoms with van der Waals surface area (Å²) in [7, 11) is 3.96.